The monoisotopic (exact) mass is 395 g/mol. The van der Waals surface area contributed by atoms with Crippen molar-refractivity contribution in [1.82, 2.24) is 14.6 Å². The summed E-state index contributed by atoms with van der Waals surface area (Å²) >= 11 is 2.97. The molecule has 0 aliphatic carbocycles. The number of ether oxygens (including phenoxy) is 1. The van der Waals surface area contributed by atoms with Crippen LogP contribution in [0, 0.1) is 0 Å². The fourth-order valence-corrected chi connectivity index (χ4v) is 4.07. The van der Waals surface area contributed by atoms with Crippen molar-refractivity contribution in [1.29, 1.82) is 0 Å². The van der Waals surface area contributed by atoms with Crippen molar-refractivity contribution in [2.45, 2.75) is 13.3 Å². The van der Waals surface area contributed by atoms with E-state index in [2.05, 4.69) is 17.0 Å². The standard InChI is InChI=1S/C20H17N3O2S2/c1-2-11-25-16-8-4-3-6-14(16)13-17-19(24)23-20(27-17)21-18(22-23)10-9-15-7-5-12-26-15/h3-10,12-13H,2,11H2,1H3/b10-9+,17-13-. The fourth-order valence-electron chi connectivity index (χ4n) is 2.55. The molecule has 0 saturated carbocycles. The summed E-state index contributed by atoms with van der Waals surface area (Å²) in [4.78, 5) is 18.8. The van der Waals surface area contributed by atoms with Gasteiger partial charge >= 0.3 is 0 Å². The average molecular weight is 396 g/mol. The summed E-state index contributed by atoms with van der Waals surface area (Å²) in [5.41, 5.74) is 0.717. The van der Waals surface area contributed by atoms with Crippen LogP contribution < -0.4 is 14.8 Å². The van der Waals surface area contributed by atoms with Crippen LogP contribution in [0.25, 0.3) is 23.2 Å². The molecule has 0 spiro atoms. The first-order valence-corrected chi connectivity index (χ1v) is 10.3. The van der Waals surface area contributed by atoms with Gasteiger partial charge in [-0.2, -0.15) is 9.50 Å². The molecule has 0 N–H and O–H groups in total. The highest BCUT2D eigenvalue weighted by molar-refractivity contribution is 7.15. The van der Waals surface area contributed by atoms with Gasteiger partial charge in [-0.15, -0.1) is 16.4 Å². The molecule has 0 atom stereocenters. The quantitative estimate of drug-likeness (QED) is 0.499. The van der Waals surface area contributed by atoms with E-state index in [1.165, 1.54) is 15.9 Å². The molecule has 0 radical (unpaired) electrons. The Morgan fingerprint density at radius 2 is 2.07 bits per heavy atom. The number of thiophene rings is 1. The molecule has 0 aliphatic heterocycles. The molecule has 0 saturated heterocycles. The van der Waals surface area contributed by atoms with Gasteiger partial charge in [-0.1, -0.05) is 42.5 Å². The van der Waals surface area contributed by atoms with Crippen molar-refractivity contribution in [3.63, 3.8) is 0 Å². The van der Waals surface area contributed by atoms with Gasteiger partial charge < -0.3 is 4.74 Å². The molecule has 4 aromatic rings. The van der Waals surface area contributed by atoms with Crippen molar-refractivity contribution in [2.24, 2.45) is 0 Å². The number of hydrogen-bond donors (Lipinski definition) is 0. The fraction of sp³-hybridized carbons (Fsp3) is 0.150. The maximum absolute atomic E-state index is 12.7. The number of aromatic nitrogens is 3. The summed E-state index contributed by atoms with van der Waals surface area (Å²) in [5.74, 6) is 1.31. The van der Waals surface area contributed by atoms with Crippen LogP contribution >= 0.6 is 22.7 Å². The number of rotatable bonds is 6. The van der Waals surface area contributed by atoms with E-state index in [9.17, 15) is 4.79 Å². The number of benzene rings is 1. The van der Waals surface area contributed by atoms with Crippen LogP contribution in [0.3, 0.4) is 0 Å². The third-order valence-electron chi connectivity index (χ3n) is 3.81. The Morgan fingerprint density at radius 1 is 1.19 bits per heavy atom. The van der Waals surface area contributed by atoms with Crippen LogP contribution in [0.2, 0.25) is 0 Å². The number of fused-ring (bicyclic) bond motifs is 1. The summed E-state index contributed by atoms with van der Waals surface area (Å²) in [7, 11) is 0. The van der Waals surface area contributed by atoms with E-state index in [1.54, 1.807) is 11.3 Å². The molecule has 4 rings (SSSR count). The minimum atomic E-state index is -0.163. The van der Waals surface area contributed by atoms with Gasteiger partial charge in [-0.05, 0) is 42.2 Å². The zero-order chi connectivity index (χ0) is 18.6. The molecule has 3 aromatic heterocycles. The van der Waals surface area contributed by atoms with E-state index >= 15 is 0 Å². The summed E-state index contributed by atoms with van der Waals surface area (Å²) in [6.45, 7) is 2.71. The second kappa shape index (κ2) is 7.85. The first-order valence-electron chi connectivity index (χ1n) is 8.59. The summed E-state index contributed by atoms with van der Waals surface area (Å²) in [6.07, 6.45) is 6.54. The SMILES string of the molecule is CCCOc1ccccc1/C=c1\sc2nc(/C=C/c3cccs3)nn2c1=O. The first-order chi connectivity index (χ1) is 13.2. The highest BCUT2D eigenvalue weighted by atomic mass is 32.1. The van der Waals surface area contributed by atoms with E-state index in [1.807, 2.05) is 60.0 Å². The average Bonchev–Trinajstić information content (AvgIpc) is 3.39. The minimum absolute atomic E-state index is 0.163. The predicted molar refractivity (Wildman–Crippen MR) is 111 cm³/mol. The van der Waals surface area contributed by atoms with Gasteiger partial charge in [0.05, 0.1) is 11.1 Å². The zero-order valence-corrected chi connectivity index (χ0v) is 16.3. The second-order valence-electron chi connectivity index (χ2n) is 5.82. The Morgan fingerprint density at radius 3 is 2.85 bits per heavy atom. The van der Waals surface area contributed by atoms with E-state index in [-0.39, 0.29) is 5.56 Å². The molecule has 0 amide bonds. The molecule has 0 aliphatic rings. The van der Waals surface area contributed by atoms with E-state index in [4.69, 9.17) is 4.74 Å². The molecule has 27 heavy (non-hydrogen) atoms. The van der Waals surface area contributed by atoms with E-state index < -0.39 is 0 Å². The zero-order valence-electron chi connectivity index (χ0n) is 14.7. The van der Waals surface area contributed by atoms with Crippen molar-refractivity contribution < 1.29 is 4.74 Å². The van der Waals surface area contributed by atoms with Gasteiger partial charge in [0.1, 0.15) is 5.75 Å². The van der Waals surface area contributed by atoms with Gasteiger partial charge in [0, 0.05) is 10.4 Å². The van der Waals surface area contributed by atoms with Gasteiger partial charge in [-0.3, -0.25) is 4.79 Å². The Labute approximate surface area is 163 Å². The Balaban J connectivity index is 1.68. The normalized spacial score (nSPS) is 12.4. The molecule has 0 unspecified atom stereocenters. The molecule has 0 fully saturated rings. The van der Waals surface area contributed by atoms with Crippen molar-refractivity contribution in [2.75, 3.05) is 6.61 Å². The summed E-state index contributed by atoms with van der Waals surface area (Å²) in [6, 6.07) is 11.7. The van der Waals surface area contributed by atoms with Gasteiger partial charge in [0.2, 0.25) is 4.96 Å². The van der Waals surface area contributed by atoms with Crippen LogP contribution in [0.1, 0.15) is 29.6 Å². The minimum Gasteiger partial charge on any atom is -0.493 e. The third-order valence-corrected chi connectivity index (χ3v) is 5.60. The summed E-state index contributed by atoms with van der Waals surface area (Å²) < 4.78 is 7.72. The first kappa shape index (κ1) is 17.6. The summed E-state index contributed by atoms with van der Waals surface area (Å²) in [5, 5.41) is 6.33. The lowest BCUT2D eigenvalue weighted by Crippen LogP contribution is -2.23. The van der Waals surface area contributed by atoms with Crippen molar-refractivity contribution >= 4 is 45.9 Å². The predicted octanol–water partition coefficient (Wildman–Crippen LogP) is 3.72. The molecule has 1 aromatic carbocycles. The molecule has 136 valence electrons. The topological polar surface area (TPSA) is 56.5 Å². The Kier molecular flexibility index (Phi) is 5.13. The molecule has 3 heterocycles. The number of thiazole rings is 1. The van der Waals surface area contributed by atoms with Crippen LogP contribution in [-0.4, -0.2) is 21.2 Å². The molecular weight excluding hydrogens is 378 g/mol. The highest BCUT2D eigenvalue weighted by Crippen LogP contribution is 2.19. The maximum Gasteiger partial charge on any atom is 0.291 e. The van der Waals surface area contributed by atoms with E-state index in [0.29, 0.717) is 21.9 Å². The molecule has 7 heteroatoms. The van der Waals surface area contributed by atoms with Crippen LogP contribution in [0.5, 0.6) is 5.75 Å². The van der Waals surface area contributed by atoms with Gasteiger partial charge in [-0.25, -0.2) is 0 Å². The second-order valence-corrected chi connectivity index (χ2v) is 7.80. The lowest BCUT2D eigenvalue weighted by atomic mass is 10.2. The van der Waals surface area contributed by atoms with Gasteiger partial charge in [0.15, 0.2) is 5.82 Å². The maximum atomic E-state index is 12.7. The molecule has 5 nitrogen and oxygen atoms in total. The van der Waals surface area contributed by atoms with Crippen LogP contribution in [0.15, 0.2) is 46.6 Å². The lowest BCUT2D eigenvalue weighted by molar-refractivity contribution is 0.317. The number of hydrogen-bond acceptors (Lipinski definition) is 6. The third kappa shape index (κ3) is 3.84. The Bertz CT molecular complexity index is 1190. The van der Waals surface area contributed by atoms with E-state index in [0.717, 1.165) is 22.6 Å². The largest absolute Gasteiger partial charge is 0.493 e. The smallest absolute Gasteiger partial charge is 0.291 e. The lowest BCUT2D eigenvalue weighted by Gasteiger charge is -2.07. The van der Waals surface area contributed by atoms with Gasteiger partial charge in [0.25, 0.3) is 5.56 Å². The van der Waals surface area contributed by atoms with Crippen LogP contribution in [-0.2, 0) is 0 Å². The van der Waals surface area contributed by atoms with Crippen molar-refractivity contribution in [3.05, 3.63) is 72.9 Å². The van der Waals surface area contributed by atoms with Crippen molar-refractivity contribution in [3.8, 4) is 5.75 Å². The van der Waals surface area contributed by atoms with Crippen LogP contribution in [0.4, 0.5) is 0 Å². The number of nitrogens with zero attached hydrogens (tertiary/aromatic N) is 3. The highest BCUT2D eigenvalue weighted by Gasteiger charge is 2.10. The molecular formula is C20H17N3O2S2. The number of para-hydroxylation sites is 1. The molecule has 0 bridgehead atoms. The Hall–Kier alpha value is -2.77.